The maximum atomic E-state index is 12.8. The molecule has 0 radical (unpaired) electrons. The van der Waals surface area contributed by atoms with E-state index in [1.165, 1.54) is 4.31 Å². The molecule has 2 heterocycles. The molecule has 2 aliphatic heterocycles. The predicted molar refractivity (Wildman–Crippen MR) is 79.8 cm³/mol. The first kappa shape index (κ1) is 15.9. The highest BCUT2D eigenvalue weighted by molar-refractivity contribution is 7.89. The van der Waals surface area contributed by atoms with Crippen LogP contribution in [0.3, 0.4) is 0 Å². The van der Waals surface area contributed by atoms with E-state index in [-0.39, 0.29) is 24.6 Å². The molecular formula is C15H21NO5S. The van der Waals surface area contributed by atoms with E-state index in [1.807, 2.05) is 6.92 Å². The van der Waals surface area contributed by atoms with E-state index in [0.717, 1.165) is 12.0 Å². The van der Waals surface area contributed by atoms with Gasteiger partial charge in [-0.1, -0.05) is 17.7 Å². The zero-order chi connectivity index (χ0) is 15.8. The van der Waals surface area contributed by atoms with Crippen LogP contribution in [0, 0.1) is 6.92 Å². The second kappa shape index (κ2) is 5.90. The number of morpholine rings is 1. The number of ether oxygens (including phenoxy) is 2. The van der Waals surface area contributed by atoms with Crippen molar-refractivity contribution in [2.45, 2.75) is 36.6 Å². The van der Waals surface area contributed by atoms with Crippen molar-refractivity contribution in [1.29, 1.82) is 0 Å². The SMILES string of the molecule is Cc1ccc(S(=O)(=O)N2CC(CO)OC3(CCCO3)C2)cc1. The van der Waals surface area contributed by atoms with Gasteiger partial charge in [-0.25, -0.2) is 8.42 Å². The van der Waals surface area contributed by atoms with Gasteiger partial charge in [0.15, 0.2) is 5.79 Å². The molecule has 6 nitrogen and oxygen atoms in total. The maximum absolute atomic E-state index is 12.8. The van der Waals surface area contributed by atoms with Crippen molar-refractivity contribution >= 4 is 10.0 Å². The molecule has 2 atom stereocenters. The Morgan fingerprint density at radius 1 is 1.36 bits per heavy atom. The Labute approximate surface area is 130 Å². The lowest BCUT2D eigenvalue weighted by atomic mass is 10.1. The fourth-order valence-electron chi connectivity index (χ4n) is 2.97. The minimum atomic E-state index is -3.62. The van der Waals surface area contributed by atoms with Crippen molar-refractivity contribution < 1.29 is 23.0 Å². The fraction of sp³-hybridized carbons (Fsp3) is 0.600. The molecular weight excluding hydrogens is 306 g/mol. The molecule has 2 unspecified atom stereocenters. The summed E-state index contributed by atoms with van der Waals surface area (Å²) in [6.45, 7) is 2.54. The minimum Gasteiger partial charge on any atom is -0.394 e. The van der Waals surface area contributed by atoms with Crippen LogP contribution in [0.25, 0.3) is 0 Å². The van der Waals surface area contributed by atoms with Gasteiger partial charge in [0.1, 0.15) is 0 Å². The lowest BCUT2D eigenvalue weighted by Crippen LogP contribution is -2.57. The summed E-state index contributed by atoms with van der Waals surface area (Å²) in [6, 6.07) is 6.77. The smallest absolute Gasteiger partial charge is 0.243 e. The number of rotatable bonds is 3. The zero-order valence-corrected chi connectivity index (χ0v) is 13.4. The van der Waals surface area contributed by atoms with Gasteiger partial charge in [0.25, 0.3) is 0 Å². The number of benzene rings is 1. The standard InChI is InChI=1S/C15H21NO5S/c1-12-3-5-14(6-4-12)22(18,19)16-9-13(10-17)21-15(11-16)7-2-8-20-15/h3-6,13,17H,2,7-11H2,1H3. The van der Waals surface area contributed by atoms with Gasteiger partial charge in [-0.2, -0.15) is 4.31 Å². The molecule has 1 spiro atoms. The van der Waals surface area contributed by atoms with Gasteiger partial charge in [0, 0.05) is 13.0 Å². The predicted octanol–water partition coefficient (Wildman–Crippen LogP) is 0.884. The molecule has 0 saturated carbocycles. The molecule has 22 heavy (non-hydrogen) atoms. The second-order valence-electron chi connectivity index (χ2n) is 5.90. The molecule has 1 aromatic carbocycles. The van der Waals surface area contributed by atoms with E-state index >= 15 is 0 Å². The van der Waals surface area contributed by atoms with Crippen LogP contribution in [0.5, 0.6) is 0 Å². The Kier molecular flexibility index (Phi) is 4.26. The highest BCUT2D eigenvalue weighted by Gasteiger charge is 2.47. The minimum absolute atomic E-state index is 0.137. The number of aliphatic hydroxyl groups excluding tert-OH is 1. The molecule has 0 amide bonds. The molecule has 0 bridgehead atoms. The van der Waals surface area contributed by atoms with Crippen LogP contribution in [-0.2, 0) is 19.5 Å². The highest BCUT2D eigenvalue weighted by atomic mass is 32.2. The summed E-state index contributed by atoms with van der Waals surface area (Å²) in [5.74, 6) is -0.913. The normalized spacial score (nSPS) is 30.0. The van der Waals surface area contributed by atoms with Crippen molar-refractivity contribution in [1.82, 2.24) is 4.31 Å². The van der Waals surface area contributed by atoms with Crippen molar-refractivity contribution in [3.05, 3.63) is 29.8 Å². The van der Waals surface area contributed by atoms with Crippen LogP contribution < -0.4 is 0 Å². The largest absolute Gasteiger partial charge is 0.394 e. The molecule has 3 rings (SSSR count). The average Bonchev–Trinajstić information content (AvgIpc) is 2.94. The van der Waals surface area contributed by atoms with E-state index in [2.05, 4.69) is 0 Å². The summed E-state index contributed by atoms with van der Waals surface area (Å²) >= 11 is 0. The summed E-state index contributed by atoms with van der Waals surface area (Å²) in [7, 11) is -3.62. The van der Waals surface area contributed by atoms with Gasteiger partial charge in [-0.3, -0.25) is 0 Å². The van der Waals surface area contributed by atoms with Crippen LogP contribution in [0.2, 0.25) is 0 Å². The van der Waals surface area contributed by atoms with Gasteiger partial charge >= 0.3 is 0 Å². The van der Waals surface area contributed by atoms with Crippen LogP contribution in [0.1, 0.15) is 18.4 Å². The summed E-state index contributed by atoms with van der Waals surface area (Å²) in [5, 5.41) is 9.42. The van der Waals surface area contributed by atoms with Crippen LogP contribution in [-0.4, -0.2) is 56.0 Å². The van der Waals surface area contributed by atoms with E-state index < -0.39 is 21.9 Å². The third-order valence-electron chi connectivity index (χ3n) is 4.14. The average molecular weight is 327 g/mol. The fourth-order valence-corrected chi connectivity index (χ4v) is 4.47. The summed E-state index contributed by atoms with van der Waals surface area (Å²) in [5.41, 5.74) is 1.00. The van der Waals surface area contributed by atoms with Gasteiger partial charge in [-0.15, -0.1) is 0 Å². The zero-order valence-electron chi connectivity index (χ0n) is 12.6. The van der Waals surface area contributed by atoms with Gasteiger partial charge in [0.2, 0.25) is 10.0 Å². The van der Waals surface area contributed by atoms with Crippen LogP contribution in [0.4, 0.5) is 0 Å². The Hall–Kier alpha value is -0.990. The maximum Gasteiger partial charge on any atom is 0.243 e. The molecule has 0 aliphatic carbocycles. The van der Waals surface area contributed by atoms with E-state index in [1.54, 1.807) is 24.3 Å². The third-order valence-corrected chi connectivity index (χ3v) is 5.96. The van der Waals surface area contributed by atoms with Crippen molar-refractivity contribution in [2.24, 2.45) is 0 Å². The Balaban J connectivity index is 1.90. The molecule has 1 aromatic rings. The molecule has 7 heteroatoms. The van der Waals surface area contributed by atoms with Crippen molar-refractivity contribution in [3.63, 3.8) is 0 Å². The Bertz CT molecular complexity index is 622. The molecule has 2 aliphatic rings. The Morgan fingerprint density at radius 3 is 2.68 bits per heavy atom. The number of hydrogen-bond donors (Lipinski definition) is 1. The lowest BCUT2D eigenvalue weighted by molar-refractivity contribution is -0.265. The summed E-state index contributed by atoms with van der Waals surface area (Å²) in [4.78, 5) is 0.254. The number of aliphatic hydroxyl groups is 1. The summed E-state index contributed by atoms with van der Waals surface area (Å²) < 4.78 is 38.5. The third kappa shape index (κ3) is 2.91. The van der Waals surface area contributed by atoms with Crippen molar-refractivity contribution in [3.8, 4) is 0 Å². The van der Waals surface area contributed by atoms with Gasteiger partial charge in [0.05, 0.1) is 30.8 Å². The monoisotopic (exact) mass is 327 g/mol. The quantitative estimate of drug-likeness (QED) is 0.892. The van der Waals surface area contributed by atoms with Gasteiger partial charge in [-0.05, 0) is 25.5 Å². The first-order valence-electron chi connectivity index (χ1n) is 7.45. The Morgan fingerprint density at radius 2 is 2.09 bits per heavy atom. The van der Waals surface area contributed by atoms with E-state index in [4.69, 9.17) is 9.47 Å². The first-order chi connectivity index (χ1) is 10.5. The number of aryl methyl sites for hydroxylation is 1. The van der Waals surface area contributed by atoms with E-state index in [0.29, 0.717) is 13.0 Å². The topological polar surface area (TPSA) is 76.1 Å². The van der Waals surface area contributed by atoms with Crippen molar-refractivity contribution in [2.75, 3.05) is 26.3 Å². The molecule has 1 N–H and O–H groups in total. The number of sulfonamides is 1. The highest BCUT2D eigenvalue weighted by Crippen LogP contribution is 2.34. The van der Waals surface area contributed by atoms with Gasteiger partial charge < -0.3 is 14.6 Å². The first-order valence-corrected chi connectivity index (χ1v) is 8.89. The second-order valence-corrected chi connectivity index (χ2v) is 7.83. The van der Waals surface area contributed by atoms with E-state index in [9.17, 15) is 13.5 Å². The number of nitrogens with zero attached hydrogens (tertiary/aromatic N) is 1. The molecule has 2 fully saturated rings. The van der Waals surface area contributed by atoms with Crippen LogP contribution >= 0.6 is 0 Å². The lowest BCUT2D eigenvalue weighted by Gasteiger charge is -2.42. The summed E-state index contributed by atoms with van der Waals surface area (Å²) in [6.07, 6.45) is 0.909. The molecule has 122 valence electrons. The molecule has 0 aromatic heterocycles. The molecule has 2 saturated heterocycles. The number of hydrogen-bond acceptors (Lipinski definition) is 5. The van der Waals surface area contributed by atoms with Crippen LogP contribution in [0.15, 0.2) is 29.2 Å².